The predicted octanol–water partition coefficient (Wildman–Crippen LogP) is 2.13. The van der Waals surface area contributed by atoms with E-state index in [1.54, 1.807) is 9.80 Å². The van der Waals surface area contributed by atoms with E-state index in [0.29, 0.717) is 58.4 Å². The number of carbonyl (C=O) groups is 5. The molecular weight excluding hydrogens is 572 g/mol. The Hall–Kier alpha value is -3.31. The Bertz CT molecular complexity index is 1140. The number of benzene rings is 1. The highest BCUT2D eigenvalue weighted by Gasteiger charge is 2.35. The van der Waals surface area contributed by atoms with Crippen molar-refractivity contribution in [1.29, 1.82) is 0 Å². The monoisotopic (exact) mass is 626 g/mol. The Morgan fingerprint density at radius 1 is 0.778 bits per heavy atom. The molecule has 2 aliphatic rings. The van der Waals surface area contributed by atoms with Crippen LogP contribution in [0.4, 0.5) is 0 Å². The standard InChI is InChI=1S/C34H54N6O5/c1-26(2)20-38-23-32(43)37(18-11-16-35)24-33(44)40(27(3)4)25-34(45)39-19-10-14-29(39)30(41)15-8-9-17-36(22-31(38)42)21-28-12-6-5-7-13-28/h5-7,12-13,26-27,29H,8-11,14-25,35H2,1-4H3. The zero-order valence-electron chi connectivity index (χ0n) is 27.8. The number of Topliss-reactive ketones (excluding diaryl/α,β-unsaturated/α-hetero) is 1. The van der Waals surface area contributed by atoms with E-state index in [0.717, 1.165) is 18.4 Å². The lowest BCUT2D eigenvalue weighted by atomic mass is 10.0. The summed E-state index contributed by atoms with van der Waals surface area (Å²) >= 11 is 0. The molecule has 2 saturated heterocycles. The fourth-order valence-corrected chi connectivity index (χ4v) is 6.13. The van der Waals surface area contributed by atoms with Crippen molar-refractivity contribution >= 4 is 29.4 Å². The molecule has 1 unspecified atom stereocenters. The van der Waals surface area contributed by atoms with Gasteiger partial charge in [-0.3, -0.25) is 28.9 Å². The van der Waals surface area contributed by atoms with Crippen LogP contribution >= 0.6 is 0 Å². The van der Waals surface area contributed by atoms with Gasteiger partial charge < -0.3 is 25.3 Å². The van der Waals surface area contributed by atoms with Gasteiger partial charge in [-0.05, 0) is 70.5 Å². The van der Waals surface area contributed by atoms with Crippen molar-refractivity contribution in [3.63, 3.8) is 0 Å². The summed E-state index contributed by atoms with van der Waals surface area (Å²) in [5.74, 6) is -0.879. The van der Waals surface area contributed by atoms with Crippen molar-refractivity contribution in [3.8, 4) is 0 Å². The van der Waals surface area contributed by atoms with Gasteiger partial charge in [0, 0.05) is 38.6 Å². The molecule has 0 saturated carbocycles. The fraction of sp³-hybridized carbons (Fsp3) is 0.676. The lowest BCUT2D eigenvalue weighted by molar-refractivity contribution is -0.148. The molecule has 0 radical (unpaired) electrons. The minimum atomic E-state index is -0.474. The van der Waals surface area contributed by atoms with Crippen LogP contribution in [0, 0.1) is 5.92 Å². The first kappa shape index (κ1) is 36.2. The third kappa shape index (κ3) is 11.2. The molecule has 2 N–H and O–H groups in total. The summed E-state index contributed by atoms with van der Waals surface area (Å²) < 4.78 is 0. The van der Waals surface area contributed by atoms with Crippen molar-refractivity contribution < 1.29 is 24.0 Å². The van der Waals surface area contributed by atoms with E-state index in [1.807, 2.05) is 58.0 Å². The summed E-state index contributed by atoms with van der Waals surface area (Å²) in [5.41, 5.74) is 6.85. The first-order valence-corrected chi connectivity index (χ1v) is 16.6. The molecular formula is C34H54N6O5. The van der Waals surface area contributed by atoms with E-state index in [1.165, 1.54) is 9.80 Å². The minimum Gasteiger partial charge on any atom is -0.332 e. The molecule has 3 rings (SSSR count). The zero-order valence-corrected chi connectivity index (χ0v) is 27.8. The molecule has 2 fully saturated rings. The maximum Gasteiger partial charge on any atom is 0.242 e. The number of nitrogens with two attached hydrogens (primary N) is 1. The molecule has 0 aromatic heterocycles. The van der Waals surface area contributed by atoms with E-state index in [4.69, 9.17) is 5.73 Å². The van der Waals surface area contributed by atoms with Gasteiger partial charge >= 0.3 is 0 Å². The van der Waals surface area contributed by atoms with Crippen LogP contribution in [-0.4, -0.2) is 125 Å². The Kier molecular flexibility index (Phi) is 14.5. The second-order valence-electron chi connectivity index (χ2n) is 13.1. The summed E-state index contributed by atoms with van der Waals surface area (Å²) in [6.45, 7) is 10.0. The van der Waals surface area contributed by atoms with Crippen LogP contribution in [0.15, 0.2) is 30.3 Å². The Morgan fingerprint density at radius 3 is 2.13 bits per heavy atom. The van der Waals surface area contributed by atoms with E-state index >= 15 is 0 Å². The molecule has 2 aliphatic heterocycles. The number of ketones is 1. The first-order valence-electron chi connectivity index (χ1n) is 16.6. The van der Waals surface area contributed by atoms with Crippen LogP contribution in [0.2, 0.25) is 0 Å². The van der Waals surface area contributed by atoms with Crippen molar-refractivity contribution in [2.75, 3.05) is 58.9 Å². The van der Waals surface area contributed by atoms with E-state index in [9.17, 15) is 24.0 Å². The van der Waals surface area contributed by atoms with Crippen LogP contribution in [0.1, 0.15) is 71.8 Å². The normalized spacial score (nSPS) is 21.0. The van der Waals surface area contributed by atoms with Gasteiger partial charge in [0.1, 0.15) is 6.54 Å². The largest absolute Gasteiger partial charge is 0.332 e. The van der Waals surface area contributed by atoms with Gasteiger partial charge in [0.2, 0.25) is 23.6 Å². The summed E-state index contributed by atoms with van der Waals surface area (Å²) in [4.78, 5) is 76.2. The van der Waals surface area contributed by atoms with Gasteiger partial charge in [0.25, 0.3) is 0 Å². The van der Waals surface area contributed by atoms with Gasteiger partial charge in [-0.2, -0.15) is 0 Å². The van der Waals surface area contributed by atoms with Crippen LogP contribution in [-0.2, 0) is 30.5 Å². The van der Waals surface area contributed by atoms with Crippen LogP contribution in [0.25, 0.3) is 0 Å². The minimum absolute atomic E-state index is 0.0496. The number of carbonyl (C=O) groups excluding carboxylic acids is 5. The van der Waals surface area contributed by atoms with Crippen molar-refractivity contribution in [2.45, 2.75) is 84.8 Å². The average Bonchev–Trinajstić information content (AvgIpc) is 3.49. The molecule has 11 heteroatoms. The maximum absolute atomic E-state index is 13.8. The second kappa shape index (κ2) is 18.0. The molecule has 2 heterocycles. The summed E-state index contributed by atoms with van der Waals surface area (Å²) in [7, 11) is 0. The Labute approximate surface area is 269 Å². The fourth-order valence-electron chi connectivity index (χ4n) is 6.13. The van der Waals surface area contributed by atoms with E-state index in [-0.39, 0.29) is 74.1 Å². The lowest BCUT2D eigenvalue weighted by Gasteiger charge is -2.33. The number of nitrogens with zero attached hydrogens (tertiary/aromatic N) is 5. The van der Waals surface area contributed by atoms with Crippen LogP contribution in [0.3, 0.4) is 0 Å². The molecule has 0 bridgehead atoms. The molecule has 11 nitrogen and oxygen atoms in total. The number of hydrogen-bond donors (Lipinski definition) is 1. The smallest absolute Gasteiger partial charge is 0.242 e. The van der Waals surface area contributed by atoms with Gasteiger partial charge in [-0.15, -0.1) is 0 Å². The molecule has 45 heavy (non-hydrogen) atoms. The number of amides is 4. The number of hydrogen-bond acceptors (Lipinski definition) is 7. The lowest BCUT2D eigenvalue weighted by Crippen LogP contribution is -2.53. The van der Waals surface area contributed by atoms with Crippen molar-refractivity contribution in [1.82, 2.24) is 24.5 Å². The summed E-state index contributed by atoms with van der Waals surface area (Å²) in [5, 5.41) is 0. The highest BCUT2D eigenvalue weighted by molar-refractivity contribution is 5.93. The quantitative estimate of drug-likeness (QED) is 0.468. The molecule has 4 amide bonds. The molecule has 1 atom stereocenters. The third-order valence-electron chi connectivity index (χ3n) is 8.52. The number of fused-ring (bicyclic) bond motifs is 1. The zero-order chi connectivity index (χ0) is 32.9. The molecule has 0 spiro atoms. The molecule has 250 valence electrons. The SMILES string of the molecule is CC(C)CN1CC(=O)N(CCCN)CC(=O)N(C(C)C)CC(=O)N2CCCC2C(=O)CCCCN(Cc2ccccc2)CC1=O. The van der Waals surface area contributed by atoms with Crippen molar-refractivity contribution in [2.24, 2.45) is 11.7 Å². The van der Waals surface area contributed by atoms with Gasteiger partial charge in [-0.1, -0.05) is 44.2 Å². The topological polar surface area (TPSA) is 128 Å². The maximum atomic E-state index is 13.8. The van der Waals surface area contributed by atoms with Gasteiger partial charge in [0.05, 0.1) is 25.7 Å². The van der Waals surface area contributed by atoms with E-state index in [2.05, 4.69) is 4.90 Å². The predicted molar refractivity (Wildman–Crippen MR) is 174 cm³/mol. The van der Waals surface area contributed by atoms with Gasteiger partial charge in [0.15, 0.2) is 5.78 Å². The van der Waals surface area contributed by atoms with E-state index < -0.39 is 6.04 Å². The molecule has 0 aliphatic carbocycles. The average molecular weight is 627 g/mol. The highest BCUT2D eigenvalue weighted by Crippen LogP contribution is 2.21. The Morgan fingerprint density at radius 2 is 1.47 bits per heavy atom. The summed E-state index contributed by atoms with van der Waals surface area (Å²) in [6, 6.07) is 9.18. The second-order valence-corrected chi connectivity index (χ2v) is 13.1. The third-order valence-corrected chi connectivity index (χ3v) is 8.52. The molecule has 1 aromatic carbocycles. The van der Waals surface area contributed by atoms with Gasteiger partial charge in [-0.25, -0.2) is 0 Å². The first-order chi connectivity index (χ1) is 21.5. The van der Waals surface area contributed by atoms with Crippen LogP contribution < -0.4 is 5.73 Å². The highest BCUT2D eigenvalue weighted by atomic mass is 16.2. The number of rotatable bonds is 8. The Balaban J connectivity index is 1.92. The summed E-state index contributed by atoms with van der Waals surface area (Å²) in [6.07, 6.45) is 3.61. The van der Waals surface area contributed by atoms with Crippen molar-refractivity contribution in [3.05, 3.63) is 35.9 Å². The van der Waals surface area contributed by atoms with Crippen LogP contribution in [0.5, 0.6) is 0 Å². The molecule has 1 aromatic rings.